The van der Waals surface area contributed by atoms with Gasteiger partial charge in [-0.2, -0.15) is 13.2 Å². The summed E-state index contributed by atoms with van der Waals surface area (Å²) >= 11 is 0. The average molecular weight is 602 g/mol. The number of carbonyl (C=O) groups excluding carboxylic acids is 1. The van der Waals surface area contributed by atoms with Crippen LogP contribution in [0.2, 0.25) is 0 Å². The van der Waals surface area contributed by atoms with Crippen molar-refractivity contribution in [1.82, 2.24) is 20.0 Å². The van der Waals surface area contributed by atoms with E-state index in [4.69, 9.17) is 19.2 Å². The zero-order valence-electron chi connectivity index (χ0n) is 24.5. The molecule has 3 fully saturated rings. The number of hydrogen-bond acceptors (Lipinski definition) is 7. The Morgan fingerprint density at radius 2 is 1.77 bits per heavy atom. The number of amides is 1. The first-order valence-electron chi connectivity index (χ1n) is 14.9. The summed E-state index contributed by atoms with van der Waals surface area (Å²) in [6.45, 7) is 4.32. The molecule has 2 atom stereocenters. The number of alkyl halides is 4. The van der Waals surface area contributed by atoms with Crippen molar-refractivity contribution >= 4 is 11.9 Å². The highest BCUT2D eigenvalue weighted by atomic mass is 19.4. The maximum absolute atomic E-state index is 13.6. The highest BCUT2D eigenvalue weighted by Gasteiger charge is 2.43. The van der Waals surface area contributed by atoms with Crippen LogP contribution in [0.4, 0.5) is 28.2 Å². The van der Waals surface area contributed by atoms with Crippen molar-refractivity contribution in [3.8, 4) is 11.3 Å². The second kappa shape index (κ2) is 11.4. The number of nitrogens with zero attached hydrogens (tertiary/aromatic N) is 5. The minimum absolute atomic E-state index is 0.0426. The molecule has 3 aromatic rings. The highest BCUT2D eigenvalue weighted by molar-refractivity contribution is 5.72. The summed E-state index contributed by atoms with van der Waals surface area (Å²) < 4.78 is 65.3. The van der Waals surface area contributed by atoms with E-state index in [9.17, 15) is 22.4 Å². The number of halogens is 4. The van der Waals surface area contributed by atoms with E-state index in [2.05, 4.69) is 10.1 Å². The fourth-order valence-electron chi connectivity index (χ4n) is 6.51. The van der Waals surface area contributed by atoms with E-state index in [1.807, 2.05) is 6.92 Å². The Bertz CT molecular complexity index is 1480. The maximum atomic E-state index is 13.6. The predicted molar refractivity (Wildman–Crippen MR) is 150 cm³/mol. The molecule has 8 nitrogen and oxygen atoms in total. The summed E-state index contributed by atoms with van der Waals surface area (Å²) in [6.07, 6.45) is 3.07. The van der Waals surface area contributed by atoms with Crippen molar-refractivity contribution in [2.24, 2.45) is 0 Å². The van der Waals surface area contributed by atoms with Crippen molar-refractivity contribution in [3.05, 3.63) is 58.2 Å². The Labute approximate surface area is 247 Å². The molecule has 3 heterocycles. The van der Waals surface area contributed by atoms with Crippen LogP contribution in [0.3, 0.4) is 0 Å². The van der Waals surface area contributed by atoms with Crippen LogP contribution in [0.25, 0.3) is 11.3 Å². The smallest absolute Gasteiger partial charge is 0.416 e. The van der Waals surface area contributed by atoms with Crippen LogP contribution in [0.15, 0.2) is 28.9 Å². The molecule has 1 unspecified atom stereocenters. The van der Waals surface area contributed by atoms with Gasteiger partial charge in [-0.05, 0) is 75.8 Å². The van der Waals surface area contributed by atoms with Gasteiger partial charge in [-0.15, -0.1) is 0 Å². The Morgan fingerprint density at radius 3 is 2.40 bits per heavy atom. The molecule has 43 heavy (non-hydrogen) atoms. The van der Waals surface area contributed by atoms with E-state index in [-0.39, 0.29) is 17.7 Å². The third-order valence-corrected chi connectivity index (χ3v) is 8.80. The largest absolute Gasteiger partial charge is 0.439 e. The van der Waals surface area contributed by atoms with Crippen LogP contribution in [-0.2, 0) is 24.1 Å². The number of rotatable bonds is 8. The van der Waals surface area contributed by atoms with Crippen molar-refractivity contribution in [1.29, 1.82) is 0 Å². The topological polar surface area (TPSA) is 84.6 Å². The number of aromatic nitrogens is 3. The van der Waals surface area contributed by atoms with Crippen LogP contribution in [-0.4, -0.2) is 44.2 Å². The van der Waals surface area contributed by atoms with Gasteiger partial charge < -0.3 is 14.2 Å². The number of anilines is 1. The first kappa shape index (κ1) is 29.4. The van der Waals surface area contributed by atoms with Gasteiger partial charge >= 0.3 is 12.3 Å². The first-order valence-corrected chi connectivity index (χ1v) is 14.9. The fourth-order valence-corrected chi connectivity index (χ4v) is 6.51. The lowest BCUT2D eigenvalue weighted by Gasteiger charge is -2.37. The molecule has 2 aliphatic carbocycles. The highest BCUT2D eigenvalue weighted by Crippen LogP contribution is 2.41. The SMILES string of the molecule is Cc1noc(C)c1-c1cnc(N(C2CCCCC2)C2CC2)c(CN2C(=O)OC(c3cc(CF)cc(C(F)(F)F)c3)[C@@H]2C)n1. The van der Waals surface area contributed by atoms with Crippen LogP contribution in [0.5, 0.6) is 0 Å². The zero-order chi connectivity index (χ0) is 30.5. The van der Waals surface area contributed by atoms with Gasteiger partial charge in [0.15, 0.2) is 5.82 Å². The van der Waals surface area contributed by atoms with Crippen LogP contribution in [0, 0.1) is 13.8 Å². The van der Waals surface area contributed by atoms with Crippen molar-refractivity contribution in [3.63, 3.8) is 0 Å². The van der Waals surface area contributed by atoms with Crippen LogP contribution in [0.1, 0.15) is 91.8 Å². The first-order chi connectivity index (χ1) is 20.5. The normalized spacial score (nSPS) is 21.4. The van der Waals surface area contributed by atoms with E-state index >= 15 is 0 Å². The van der Waals surface area contributed by atoms with Gasteiger partial charge in [0.25, 0.3) is 0 Å². The third kappa shape index (κ3) is 5.80. The summed E-state index contributed by atoms with van der Waals surface area (Å²) in [5, 5.41) is 4.06. The van der Waals surface area contributed by atoms with Gasteiger partial charge in [-0.1, -0.05) is 24.4 Å². The van der Waals surface area contributed by atoms with E-state index in [1.165, 1.54) is 17.4 Å². The predicted octanol–water partition coefficient (Wildman–Crippen LogP) is 7.62. The maximum Gasteiger partial charge on any atom is 0.416 e. The summed E-state index contributed by atoms with van der Waals surface area (Å²) in [6, 6.07) is 3.06. The molecule has 2 aromatic heterocycles. The molecule has 6 rings (SSSR count). The minimum Gasteiger partial charge on any atom is -0.439 e. The van der Waals surface area contributed by atoms with Gasteiger partial charge in [-0.3, -0.25) is 4.90 Å². The molecular weight excluding hydrogens is 566 g/mol. The Balaban J connectivity index is 1.37. The summed E-state index contributed by atoms with van der Waals surface area (Å²) in [5.74, 6) is 1.31. The lowest BCUT2D eigenvalue weighted by molar-refractivity contribution is -0.137. The van der Waals surface area contributed by atoms with E-state index in [0.29, 0.717) is 40.7 Å². The summed E-state index contributed by atoms with van der Waals surface area (Å²) in [5.41, 5.74) is 1.53. The molecule has 2 saturated carbocycles. The van der Waals surface area contributed by atoms with Crippen LogP contribution >= 0.6 is 0 Å². The zero-order valence-corrected chi connectivity index (χ0v) is 24.5. The van der Waals surface area contributed by atoms with Gasteiger partial charge in [0.1, 0.15) is 24.2 Å². The number of benzene rings is 1. The third-order valence-electron chi connectivity index (χ3n) is 8.80. The molecule has 1 aliphatic heterocycles. The lowest BCUT2D eigenvalue weighted by atomic mass is 9.94. The lowest BCUT2D eigenvalue weighted by Crippen LogP contribution is -2.41. The minimum atomic E-state index is -4.67. The molecule has 0 radical (unpaired) electrons. The summed E-state index contributed by atoms with van der Waals surface area (Å²) in [4.78, 5) is 27.1. The fraction of sp³-hybridized carbons (Fsp3) is 0.548. The van der Waals surface area contributed by atoms with Gasteiger partial charge in [0, 0.05) is 12.1 Å². The molecule has 0 N–H and O–H groups in total. The molecule has 0 bridgehead atoms. The second-order valence-electron chi connectivity index (χ2n) is 11.9. The number of carbonyl (C=O) groups is 1. The van der Waals surface area contributed by atoms with Gasteiger partial charge in [0.05, 0.1) is 41.3 Å². The standard InChI is InChI=1S/C31H35F4N5O3/c1-17-27(19(3)43-38-17)25-15-36-29(40(24-9-10-24)23-7-5-4-6-8-23)26(37-25)16-39-18(2)28(42-30(39)41)21-11-20(14-32)12-22(13-21)31(33,34)35/h11-13,15,18,23-24,28H,4-10,14,16H2,1-3H3/t18-,28?/m0/s1. The van der Waals surface area contributed by atoms with Crippen molar-refractivity contribution in [2.75, 3.05) is 4.90 Å². The van der Waals surface area contributed by atoms with E-state index in [0.717, 1.165) is 56.2 Å². The summed E-state index contributed by atoms with van der Waals surface area (Å²) in [7, 11) is 0. The molecule has 12 heteroatoms. The van der Waals surface area contributed by atoms with Gasteiger partial charge in [0.2, 0.25) is 0 Å². The van der Waals surface area contributed by atoms with Crippen molar-refractivity contribution < 1.29 is 31.6 Å². The molecule has 230 valence electrons. The van der Waals surface area contributed by atoms with Gasteiger partial charge in [-0.25, -0.2) is 19.2 Å². The Morgan fingerprint density at radius 1 is 1.05 bits per heavy atom. The molecule has 1 saturated heterocycles. The Hall–Kier alpha value is -3.70. The van der Waals surface area contributed by atoms with Crippen LogP contribution < -0.4 is 4.90 Å². The monoisotopic (exact) mass is 601 g/mol. The second-order valence-corrected chi connectivity index (χ2v) is 11.9. The molecule has 0 spiro atoms. The van der Waals surface area contributed by atoms with E-state index < -0.39 is 36.7 Å². The number of hydrogen-bond donors (Lipinski definition) is 0. The molecule has 1 amide bonds. The molecular formula is C31H35F4N5O3. The number of ether oxygens (including phenoxy) is 1. The van der Waals surface area contributed by atoms with Crippen molar-refractivity contribution in [2.45, 2.75) is 109 Å². The quantitative estimate of drug-likeness (QED) is 0.246. The van der Waals surface area contributed by atoms with E-state index in [1.54, 1.807) is 20.0 Å². The Kier molecular flexibility index (Phi) is 7.80. The average Bonchev–Trinajstić information content (AvgIpc) is 3.71. The number of aryl methyl sites for hydroxylation is 2. The molecule has 1 aromatic carbocycles. The number of cyclic esters (lactones) is 1. The molecule has 3 aliphatic rings.